The van der Waals surface area contributed by atoms with Crippen LogP contribution in [0.2, 0.25) is 0 Å². The maximum Gasteiger partial charge on any atom is 0.415 e. The van der Waals surface area contributed by atoms with Gasteiger partial charge >= 0.3 is 23.8 Å². The Morgan fingerprint density at radius 1 is 1.22 bits per heavy atom. The van der Waals surface area contributed by atoms with Gasteiger partial charge in [-0.2, -0.15) is 0 Å². The minimum atomic E-state index is -0.577. The molecule has 0 atom stereocenters. The highest BCUT2D eigenvalue weighted by atomic mass is 16.6. The number of aromatic nitrogens is 2. The SMILES string of the molecule is CC(C)(C)OC(=O)c1ccc(NC(=O)N2CCC3(CC2)Cn2cc([N+](=O)[O-])nc2O3)cc1. The van der Waals surface area contributed by atoms with E-state index >= 15 is 0 Å². The Hall–Kier alpha value is -3.63. The molecule has 11 nitrogen and oxygen atoms in total. The van der Waals surface area contributed by atoms with Crippen LogP contribution >= 0.6 is 0 Å². The first-order chi connectivity index (χ1) is 15.0. The molecule has 0 bridgehead atoms. The quantitative estimate of drug-likeness (QED) is 0.438. The van der Waals surface area contributed by atoms with Gasteiger partial charge in [-0.25, -0.2) is 9.59 Å². The van der Waals surface area contributed by atoms with Crippen LogP contribution in [-0.4, -0.2) is 55.7 Å². The van der Waals surface area contributed by atoms with Gasteiger partial charge in [0.2, 0.25) is 0 Å². The number of carbonyl (C=O) groups excluding carboxylic acids is 2. The molecule has 32 heavy (non-hydrogen) atoms. The number of ether oxygens (including phenoxy) is 2. The van der Waals surface area contributed by atoms with Crippen molar-refractivity contribution in [1.82, 2.24) is 14.5 Å². The molecule has 1 aromatic carbocycles. The first kappa shape index (κ1) is 21.6. The predicted octanol–water partition coefficient (Wildman–Crippen LogP) is 3.21. The van der Waals surface area contributed by atoms with Gasteiger partial charge in [-0.3, -0.25) is 4.57 Å². The van der Waals surface area contributed by atoms with Crippen LogP contribution in [0.5, 0.6) is 6.01 Å². The number of amides is 2. The number of benzene rings is 1. The second-order valence-electron chi connectivity index (χ2n) is 9.05. The fourth-order valence-corrected chi connectivity index (χ4v) is 3.81. The Bertz CT molecular complexity index is 1020. The normalized spacial score (nSPS) is 16.9. The zero-order valence-corrected chi connectivity index (χ0v) is 18.2. The van der Waals surface area contributed by atoms with Gasteiger partial charge in [0.25, 0.3) is 0 Å². The van der Waals surface area contributed by atoms with Crippen LogP contribution in [0.4, 0.5) is 16.3 Å². The molecule has 1 fully saturated rings. The molecule has 4 rings (SSSR count). The Balaban J connectivity index is 1.30. The van der Waals surface area contributed by atoms with Gasteiger partial charge < -0.3 is 29.8 Å². The highest BCUT2D eigenvalue weighted by molar-refractivity contribution is 5.92. The third-order valence-electron chi connectivity index (χ3n) is 5.41. The van der Waals surface area contributed by atoms with E-state index < -0.39 is 22.1 Å². The number of hydrogen-bond acceptors (Lipinski definition) is 7. The average Bonchev–Trinajstić information content (AvgIpc) is 3.24. The van der Waals surface area contributed by atoms with Crippen molar-refractivity contribution in [3.63, 3.8) is 0 Å². The van der Waals surface area contributed by atoms with Gasteiger partial charge in [0.15, 0.2) is 0 Å². The van der Waals surface area contributed by atoms with E-state index in [1.807, 2.05) is 0 Å². The van der Waals surface area contributed by atoms with Crippen LogP contribution in [0.3, 0.4) is 0 Å². The van der Waals surface area contributed by atoms with Crippen molar-refractivity contribution in [3.05, 3.63) is 46.1 Å². The van der Waals surface area contributed by atoms with Gasteiger partial charge in [0.05, 0.1) is 12.1 Å². The fraction of sp³-hybridized carbons (Fsp3) is 0.476. The number of nitrogens with zero attached hydrogens (tertiary/aromatic N) is 4. The highest BCUT2D eigenvalue weighted by Crippen LogP contribution is 2.37. The number of piperidine rings is 1. The van der Waals surface area contributed by atoms with Crippen LogP contribution < -0.4 is 10.1 Å². The molecule has 1 N–H and O–H groups in total. The summed E-state index contributed by atoms with van der Waals surface area (Å²) in [5.74, 6) is -0.650. The second-order valence-corrected chi connectivity index (χ2v) is 9.05. The van der Waals surface area contributed by atoms with Gasteiger partial charge in [-0.1, -0.05) is 0 Å². The van der Waals surface area contributed by atoms with Crippen LogP contribution in [0.1, 0.15) is 44.0 Å². The monoisotopic (exact) mass is 443 g/mol. The van der Waals surface area contributed by atoms with E-state index in [1.54, 1.807) is 54.5 Å². The maximum absolute atomic E-state index is 12.7. The van der Waals surface area contributed by atoms with Crippen molar-refractivity contribution in [2.75, 3.05) is 18.4 Å². The van der Waals surface area contributed by atoms with E-state index in [4.69, 9.17) is 9.47 Å². The molecule has 1 spiro atoms. The lowest BCUT2D eigenvalue weighted by Gasteiger charge is -2.37. The van der Waals surface area contributed by atoms with Crippen molar-refractivity contribution in [2.45, 2.75) is 51.4 Å². The van der Waals surface area contributed by atoms with Crippen molar-refractivity contribution in [1.29, 1.82) is 0 Å². The third-order valence-corrected chi connectivity index (χ3v) is 5.41. The molecule has 1 aromatic heterocycles. The summed E-state index contributed by atoms with van der Waals surface area (Å²) in [6.07, 6.45) is 2.56. The van der Waals surface area contributed by atoms with E-state index in [0.29, 0.717) is 43.7 Å². The molecule has 11 heteroatoms. The molecule has 0 aliphatic carbocycles. The van der Waals surface area contributed by atoms with Crippen LogP contribution in [0, 0.1) is 10.1 Å². The van der Waals surface area contributed by atoms with Gasteiger partial charge in [-0.15, -0.1) is 0 Å². The molecular weight excluding hydrogens is 418 g/mol. The molecule has 0 radical (unpaired) electrons. The standard InChI is InChI=1S/C21H25N5O6/c1-20(2,3)31-17(27)14-4-6-15(7-5-14)22-18(28)24-10-8-21(9-11-24)13-25-12-16(26(29)30)23-19(25)32-21/h4-7,12H,8-11,13H2,1-3H3,(H,22,28). The molecule has 3 heterocycles. The minimum Gasteiger partial charge on any atom is -0.456 e. The maximum atomic E-state index is 12.7. The van der Waals surface area contributed by atoms with Gasteiger partial charge in [0, 0.05) is 36.6 Å². The number of anilines is 1. The Morgan fingerprint density at radius 2 is 1.88 bits per heavy atom. The lowest BCUT2D eigenvalue weighted by atomic mass is 9.91. The number of carbonyl (C=O) groups is 2. The number of nitro groups is 1. The zero-order chi connectivity index (χ0) is 23.1. The summed E-state index contributed by atoms with van der Waals surface area (Å²) in [7, 11) is 0. The molecule has 2 aliphatic heterocycles. The third kappa shape index (κ3) is 4.51. The Labute approximate surface area is 184 Å². The number of esters is 1. The minimum absolute atomic E-state index is 0.232. The summed E-state index contributed by atoms with van der Waals surface area (Å²) < 4.78 is 12.9. The first-order valence-electron chi connectivity index (χ1n) is 10.3. The smallest absolute Gasteiger partial charge is 0.415 e. The van der Waals surface area contributed by atoms with Crippen molar-refractivity contribution in [3.8, 4) is 6.01 Å². The number of urea groups is 1. The van der Waals surface area contributed by atoms with E-state index in [9.17, 15) is 19.7 Å². The summed E-state index contributed by atoms with van der Waals surface area (Å²) in [4.78, 5) is 40.7. The van der Waals surface area contributed by atoms with Crippen molar-refractivity contribution < 1.29 is 24.0 Å². The summed E-state index contributed by atoms with van der Waals surface area (Å²) in [6.45, 7) is 6.85. The first-order valence-corrected chi connectivity index (χ1v) is 10.3. The second kappa shape index (κ2) is 7.81. The lowest BCUT2D eigenvalue weighted by molar-refractivity contribution is -0.389. The summed E-state index contributed by atoms with van der Waals surface area (Å²) in [5.41, 5.74) is -0.0870. The molecule has 1 saturated heterocycles. The van der Waals surface area contributed by atoms with E-state index in [2.05, 4.69) is 10.3 Å². The topological polar surface area (TPSA) is 129 Å². The predicted molar refractivity (Wildman–Crippen MR) is 114 cm³/mol. The highest BCUT2D eigenvalue weighted by Gasteiger charge is 2.46. The van der Waals surface area contributed by atoms with Crippen LogP contribution in [0.15, 0.2) is 30.5 Å². The van der Waals surface area contributed by atoms with E-state index in [1.165, 1.54) is 6.20 Å². The van der Waals surface area contributed by atoms with E-state index in [0.717, 1.165) is 0 Å². The molecule has 2 amide bonds. The molecular formula is C21H25N5O6. The summed E-state index contributed by atoms with van der Waals surface area (Å²) in [5, 5.41) is 13.7. The number of rotatable bonds is 3. The number of imidazole rings is 1. The number of fused-ring (bicyclic) bond motifs is 1. The summed E-state index contributed by atoms with van der Waals surface area (Å²) >= 11 is 0. The zero-order valence-electron chi connectivity index (χ0n) is 18.2. The molecule has 2 aliphatic rings. The summed E-state index contributed by atoms with van der Waals surface area (Å²) in [6, 6.07) is 6.56. The Morgan fingerprint density at radius 3 is 2.44 bits per heavy atom. The van der Waals surface area contributed by atoms with Crippen LogP contribution in [-0.2, 0) is 11.3 Å². The van der Waals surface area contributed by atoms with Crippen molar-refractivity contribution in [2.24, 2.45) is 0 Å². The molecule has 2 aromatic rings. The van der Waals surface area contributed by atoms with Gasteiger partial charge in [0.1, 0.15) is 17.4 Å². The van der Waals surface area contributed by atoms with Crippen LogP contribution in [0.25, 0.3) is 0 Å². The lowest BCUT2D eigenvalue weighted by Crippen LogP contribution is -2.50. The van der Waals surface area contributed by atoms with E-state index in [-0.39, 0.29) is 17.9 Å². The molecule has 0 saturated carbocycles. The average molecular weight is 443 g/mol. The molecule has 0 unspecified atom stereocenters. The van der Waals surface area contributed by atoms with Gasteiger partial charge in [-0.05, 0) is 50.0 Å². The Kier molecular flexibility index (Phi) is 5.27. The van der Waals surface area contributed by atoms with Crippen molar-refractivity contribution >= 4 is 23.5 Å². The number of hydrogen-bond donors (Lipinski definition) is 1. The largest absolute Gasteiger partial charge is 0.456 e. The fourth-order valence-electron chi connectivity index (χ4n) is 3.81. The molecule has 170 valence electrons. The number of nitrogens with one attached hydrogen (secondary N) is 1. The number of likely N-dealkylation sites (tertiary alicyclic amines) is 1.